The van der Waals surface area contributed by atoms with Crippen LogP contribution < -0.4 is 5.73 Å². The normalized spacial score (nSPS) is 15.5. The van der Waals surface area contributed by atoms with E-state index >= 15 is 0 Å². The number of rotatable bonds is 17. The Balaban J connectivity index is 1.50. The molecule has 1 aromatic carbocycles. The molecule has 2 N–H and O–H groups in total. The zero-order valence-corrected chi connectivity index (χ0v) is 20.4. The van der Waals surface area contributed by atoms with Gasteiger partial charge in [-0.2, -0.15) is 0 Å². The summed E-state index contributed by atoms with van der Waals surface area (Å²) in [7, 11) is 0. The maximum absolute atomic E-state index is 12.8. The first-order valence-electron chi connectivity index (χ1n) is 13.2. The van der Waals surface area contributed by atoms with Gasteiger partial charge in [0, 0.05) is 13.0 Å². The van der Waals surface area contributed by atoms with Crippen LogP contribution in [0, 0.1) is 6.07 Å². The van der Waals surface area contributed by atoms with Crippen LogP contribution in [0.15, 0.2) is 18.2 Å². The molecule has 2 amide bonds. The van der Waals surface area contributed by atoms with Crippen LogP contribution in [0.5, 0.6) is 0 Å². The van der Waals surface area contributed by atoms with Crippen LogP contribution >= 0.6 is 0 Å². The number of nitrogens with two attached hydrogens (primary N) is 1. The average molecular weight is 442 g/mol. The Hall–Kier alpha value is -1.84. The van der Waals surface area contributed by atoms with Crippen LogP contribution in [0.1, 0.15) is 127 Å². The van der Waals surface area contributed by atoms with Gasteiger partial charge in [0.2, 0.25) is 11.8 Å². The molecular formula is C28H45N2O2. The van der Waals surface area contributed by atoms with Crippen LogP contribution in [0.3, 0.4) is 0 Å². The van der Waals surface area contributed by atoms with Crippen molar-refractivity contribution >= 4 is 11.8 Å². The van der Waals surface area contributed by atoms with Crippen molar-refractivity contribution in [2.45, 2.75) is 122 Å². The Bertz CT molecular complexity index is 673. The van der Waals surface area contributed by atoms with Gasteiger partial charge in [-0.25, -0.2) is 0 Å². The molecule has 0 fully saturated rings. The van der Waals surface area contributed by atoms with Gasteiger partial charge in [-0.3, -0.25) is 9.59 Å². The molecule has 1 atom stereocenters. The molecule has 1 aliphatic heterocycles. The van der Waals surface area contributed by atoms with E-state index in [1.807, 2.05) is 12.1 Å². The summed E-state index contributed by atoms with van der Waals surface area (Å²) in [6.07, 6.45) is 20.9. The van der Waals surface area contributed by atoms with Crippen LogP contribution in [0.25, 0.3) is 0 Å². The number of unbranched alkanes of at least 4 members (excludes halogenated alkanes) is 14. The summed E-state index contributed by atoms with van der Waals surface area (Å²) in [5.74, 6) is -0.385. The maximum atomic E-state index is 12.8. The Morgan fingerprint density at radius 2 is 1.44 bits per heavy atom. The number of carbonyl (C=O) groups excluding carboxylic acids is 2. The molecule has 4 heteroatoms. The van der Waals surface area contributed by atoms with Gasteiger partial charge in [0.05, 0.1) is 0 Å². The number of primary amides is 1. The van der Waals surface area contributed by atoms with Gasteiger partial charge in [0.1, 0.15) is 6.04 Å². The van der Waals surface area contributed by atoms with Crippen LogP contribution in [0.4, 0.5) is 0 Å². The summed E-state index contributed by atoms with van der Waals surface area (Å²) < 4.78 is 0. The van der Waals surface area contributed by atoms with Crippen molar-refractivity contribution in [2.24, 2.45) is 5.73 Å². The molecule has 2 rings (SSSR count). The molecule has 1 aromatic rings. The minimum absolute atomic E-state index is 0.0574. The lowest BCUT2D eigenvalue weighted by Crippen LogP contribution is -2.45. The number of benzene rings is 1. The van der Waals surface area contributed by atoms with Crippen molar-refractivity contribution in [1.82, 2.24) is 4.90 Å². The second kappa shape index (κ2) is 15.9. The minimum atomic E-state index is -0.628. The van der Waals surface area contributed by atoms with E-state index in [1.165, 1.54) is 83.5 Å². The van der Waals surface area contributed by atoms with E-state index in [1.54, 1.807) is 11.0 Å². The Morgan fingerprint density at radius 3 is 1.97 bits per heavy atom. The Morgan fingerprint density at radius 1 is 0.906 bits per heavy atom. The first kappa shape index (κ1) is 26.4. The first-order chi connectivity index (χ1) is 15.6. The molecule has 1 heterocycles. The van der Waals surface area contributed by atoms with E-state index in [2.05, 4.69) is 13.0 Å². The summed E-state index contributed by atoms with van der Waals surface area (Å²) in [5, 5.41) is 0. The molecule has 179 valence electrons. The van der Waals surface area contributed by atoms with Gasteiger partial charge in [-0.15, -0.1) is 0 Å². The number of hydrogen-bond donors (Lipinski definition) is 1. The number of fused-ring (bicyclic) bond motifs is 1. The van der Waals surface area contributed by atoms with Crippen molar-refractivity contribution in [2.75, 3.05) is 6.54 Å². The molecule has 1 unspecified atom stereocenters. The number of hydrogen-bond acceptors (Lipinski definition) is 2. The summed E-state index contributed by atoms with van der Waals surface area (Å²) in [6, 6.07) is 7.99. The topological polar surface area (TPSA) is 63.4 Å². The third-order valence-corrected chi connectivity index (χ3v) is 6.80. The van der Waals surface area contributed by atoms with Crippen LogP contribution in [-0.2, 0) is 16.0 Å². The molecule has 1 aliphatic rings. The zero-order valence-electron chi connectivity index (χ0n) is 20.4. The quantitative estimate of drug-likeness (QED) is 0.275. The van der Waals surface area contributed by atoms with Gasteiger partial charge in [0.25, 0.3) is 0 Å². The molecule has 0 bridgehead atoms. The zero-order chi connectivity index (χ0) is 23.0. The monoisotopic (exact) mass is 441 g/mol. The highest BCUT2D eigenvalue weighted by Crippen LogP contribution is 2.30. The fraction of sp³-hybridized carbons (Fsp3) is 0.714. The van der Waals surface area contributed by atoms with Crippen molar-refractivity contribution in [3.8, 4) is 0 Å². The molecule has 0 aromatic heterocycles. The summed E-state index contributed by atoms with van der Waals surface area (Å²) in [6.45, 7) is 2.84. The summed E-state index contributed by atoms with van der Waals surface area (Å²) >= 11 is 0. The van der Waals surface area contributed by atoms with Gasteiger partial charge in [-0.1, -0.05) is 115 Å². The SMILES string of the molecule is CCCCCCCCCCCCCCCCCC(=O)N1CCc2c[c]ccc2C1C(N)=O. The highest BCUT2D eigenvalue weighted by molar-refractivity contribution is 5.88. The summed E-state index contributed by atoms with van der Waals surface area (Å²) in [5.41, 5.74) is 7.60. The Labute approximate surface area is 196 Å². The minimum Gasteiger partial charge on any atom is -0.368 e. The van der Waals surface area contributed by atoms with Crippen molar-refractivity contribution in [1.29, 1.82) is 0 Å². The Kier molecular flexibility index (Phi) is 13.1. The summed E-state index contributed by atoms with van der Waals surface area (Å²) in [4.78, 5) is 26.5. The predicted molar refractivity (Wildman–Crippen MR) is 132 cm³/mol. The highest BCUT2D eigenvalue weighted by atomic mass is 16.2. The lowest BCUT2D eigenvalue weighted by molar-refractivity contribution is -0.140. The van der Waals surface area contributed by atoms with Crippen molar-refractivity contribution < 1.29 is 9.59 Å². The third-order valence-electron chi connectivity index (χ3n) is 6.80. The number of nitrogens with zero attached hydrogens (tertiary/aromatic N) is 1. The van der Waals surface area contributed by atoms with Crippen LogP contribution in [0.2, 0.25) is 0 Å². The van der Waals surface area contributed by atoms with Gasteiger partial charge >= 0.3 is 0 Å². The molecular weight excluding hydrogens is 396 g/mol. The average Bonchev–Trinajstić information content (AvgIpc) is 2.80. The standard InChI is InChI=1S/C28H45N2O2/c1-2-3-4-5-6-7-8-9-10-11-12-13-14-15-16-21-26(31)30-23-22-24-19-17-18-20-25(24)27(30)28(29)32/h18-20,27H,2-16,21-23H2,1H3,(H2,29,32). The number of amides is 2. The van der Waals surface area contributed by atoms with E-state index in [9.17, 15) is 9.59 Å². The van der Waals surface area contributed by atoms with E-state index in [-0.39, 0.29) is 5.91 Å². The lowest BCUT2D eigenvalue weighted by Gasteiger charge is -2.35. The molecule has 4 nitrogen and oxygen atoms in total. The van der Waals surface area contributed by atoms with Gasteiger partial charge < -0.3 is 10.6 Å². The predicted octanol–water partition coefficient (Wildman–Crippen LogP) is 6.66. The third kappa shape index (κ3) is 9.34. The second-order valence-electron chi connectivity index (χ2n) is 9.47. The van der Waals surface area contributed by atoms with Crippen LogP contribution in [-0.4, -0.2) is 23.3 Å². The van der Waals surface area contributed by atoms with Crippen molar-refractivity contribution in [3.05, 3.63) is 35.4 Å². The van der Waals surface area contributed by atoms with Gasteiger partial charge in [0.15, 0.2) is 0 Å². The first-order valence-corrected chi connectivity index (χ1v) is 13.2. The lowest BCUT2D eigenvalue weighted by atomic mass is 9.91. The molecule has 1 radical (unpaired) electrons. The van der Waals surface area contributed by atoms with E-state index < -0.39 is 11.9 Å². The largest absolute Gasteiger partial charge is 0.368 e. The smallest absolute Gasteiger partial charge is 0.244 e. The molecule has 0 aliphatic carbocycles. The molecule has 0 spiro atoms. The fourth-order valence-electron chi connectivity index (χ4n) is 4.86. The van der Waals surface area contributed by atoms with E-state index in [0.717, 1.165) is 30.4 Å². The molecule has 0 saturated heterocycles. The fourth-order valence-corrected chi connectivity index (χ4v) is 4.86. The van der Waals surface area contributed by atoms with E-state index in [0.29, 0.717) is 13.0 Å². The second-order valence-corrected chi connectivity index (χ2v) is 9.47. The molecule has 32 heavy (non-hydrogen) atoms. The van der Waals surface area contributed by atoms with Gasteiger partial charge in [-0.05, 0) is 30.0 Å². The molecule has 0 saturated carbocycles. The maximum Gasteiger partial charge on any atom is 0.244 e. The highest BCUT2D eigenvalue weighted by Gasteiger charge is 2.33. The van der Waals surface area contributed by atoms with Crippen molar-refractivity contribution in [3.63, 3.8) is 0 Å². The van der Waals surface area contributed by atoms with E-state index in [4.69, 9.17) is 5.73 Å². The number of carbonyl (C=O) groups is 2.